The van der Waals surface area contributed by atoms with Crippen molar-refractivity contribution >= 4 is 11.9 Å². The molecule has 0 bridgehead atoms. The molecular formula is C14H23N3O3. The summed E-state index contributed by atoms with van der Waals surface area (Å²) in [5, 5.41) is 15.8. The first-order chi connectivity index (χ1) is 9.11. The standard InChI is InChI=1S/C14H23N3O3/c1-9(6-12(18)19)8-15-13(20)10-7-11(14(2,3)4)16-17(10)5/h7,9H,6,8H2,1-5H3,(H,15,20)(H,18,19). The van der Waals surface area contributed by atoms with E-state index in [1.165, 1.54) is 0 Å². The zero-order valence-corrected chi connectivity index (χ0v) is 12.7. The molecule has 112 valence electrons. The summed E-state index contributed by atoms with van der Waals surface area (Å²) in [4.78, 5) is 22.6. The van der Waals surface area contributed by atoms with Gasteiger partial charge in [0.25, 0.3) is 5.91 Å². The number of carboxylic acids is 1. The summed E-state index contributed by atoms with van der Waals surface area (Å²) in [5.41, 5.74) is 1.22. The van der Waals surface area contributed by atoms with Gasteiger partial charge in [-0.05, 0) is 12.0 Å². The number of aliphatic carboxylic acids is 1. The molecule has 1 aromatic heterocycles. The van der Waals surface area contributed by atoms with Crippen LogP contribution in [0.3, 0.4) is 0 Å². The Kier molecular flexibility index (Phi) is 4.92. The third kappa shape index (κ3) is 4.36. The van der Waals surface area contributed by atoms with Crippen molar-refractivity contribution in [3.63, 3.8) is 0 Å². The first kappa shape index (κ1) is 16.2. The average Bonchev–Trinajstić information content (AvgIpc) is 2.67. The molecular weight excluding hydrogens is 258 g/mol. The summed E-state index contributed by atoms with van der Waals surface area (Å²) >= 11 is 0. The Hall–Kier alpha value is -1.85. The van der Waals surface area contributed by atoms with E-state index in [1.807, 2.05) is 20.8 Å². The van der Waals surface area contributed by atoms with E-state index in [-0.39, 0.29) is 23.7 Å². The van der Waals surface area contributed by atoms with Crippen LogP contribution >= 0.6 is 0 Å². The molecule has 0 saturated heterocycles. The molecule has 0 saturated carbocycles. The zero-order valence-electron chi connectivity index (χ0n) is 12.7. The molecule has 1 atom stereocenters. The van der Waals surface area contributed by atoms with Crippen LogP contribution in [0.1, 0.15) is 50.3 Å². The fourth-order valence-electron chi connectivity index (χ4n) is 1.77. The van der Waals surface area contributed by atoms with Crippen molar-refractivity contribution < 1.29 is 14.7 Å². The van der Waals surface area contributed by atoms with E-state index in [0.29, 0.717) is 12.2 Å². The lowest BCUT2D eigenvalue weighted by molar-refractivity contribution is -0.137. The lowest BCUT2D eigenvalue weighted by atomic mass is 9.92. The van der Waals surface area contributed by atoms with Crippen LogP contribution < -0.4 is 5.32 Å². The molecule has 1 unspecified atom stereocenters. The van der Waals surface area contributed by atoms with Crippen molar-refractivity contribution in [2.75, 3.05) is 6.54 Å². The minimum absolute atomic E-state index is 0.0406. The number of carbonyl (C=O) groups is 2. The molecule has 0 fully saturated rings. The molecule has 1 heterocycles. The quantitative estimate of drug-likeness (QED) is 0.857. The Morgan fingerprint density at radius 3 is 2.50 bits per heavy atom. The van der Waals surface area contributed by atoms with E-state index in [9.17, 15) is 9.59 Å². The minimum Gasteiger partial charge on any atom is -0.481 e. The molecule has 0 aliphatic carbocycles. The van der Waals surface area contributed by atoms with Crippen LogP contribution in [0.5, 0.6) is 0 Å². The maximum atomic E-state index is 12.1. The Bertz CT molecular complexity index is 500. The van der Waals surface area contributed by atoms with Gasteiger partial charge < -0.3 is 10.4 Å². The molecule has 1 rings (SSSR count). The molecule has 2 N–H and O–H groups in total. The Labute approximate surface area is 119 Å². The number of hydrogen-bond donors (Lipinski definition) is 2. The van der Waals surface area contributed by atoms with E-state index >= 15 is 0 Å². The summed E-state index contributed by atoms with van der Waals surface area (Å²) < 4.78 is 1.55. The number of carboxylic acid groups (broad SMARTS) is 1. The van der Waals surface area contributed by atoms with Gasteiger partial charge in [-0.2, -0.15) is 5.10 Å². The Morgan fingerprint density at radius 1 is 1.45 bits per heavy atom. The second-order valence-corrected chi connectivity index (χ2v) is 6.20. The van der Waals surface area contributed by atoms with Crippen molar-refractivity contribution in [1.29, 1.82) is 0 Å². The van der Waals surface area contributed by atoms with Gasteiger partial charge >= 0.3 is 5.97 Å². The highest BCUT2D eigenvalue weighted by Gasteiger charge is 2.21. The Morgan fingerprint density at radius 2 is 2.05 bits per heavy atom. The van der Waals surface area contributed by atoms with E-state index in [4.69, 9.17) is 5.11 Å². The molecule has 20 heavy (non-hydrogen) atoms. The van der Waals surface area contributed by atoms with Gasteiger partial charge in [-0.25, -0.2) is 0 Å². The van der Waals surface area contributed by atoms with Crippen LogP contribution in [0, 0.1) is 5.92 Å². The van der Waals surface area contributed by atoms with Gasteiger partial charge in [0.1, 0.15) is 5.69 Å². The maximum Gasteiger partial charge on any atom is 0.303 e. The number of carbonyl (C=O) groups excluding carboxylic acids is 1. The summed E-state index contributed by atoms with van der Waals surface area (Å²) in [7, 11) is 1.73. The summed E-state index contributed by atoms with van der Waals surface area (Å²) in [6, 6.07) is 1.77. The van der Waals surface area contributed by atoms with Gasteiger partial charge in [0, 0.05) is 25.4 Å². The van der Waals surface area contributed by atoms with Gasteiger partial charge in [0.15, 0.2) is 0 Å². The largest absolute Gasteiger partial charge is 0.481 e. The fraction of sp³-hybridized carbons (Fsp3) is 0.643. The molecule has 6 nitrogen and oxygen atoms in total. The van der Waals surface area contributed by atoms with Crippen molar-refractivity contribution in [1.82, 2.24) is 15.1 Å². The molecule has 0 aliphatic rings. The van der Waals surface area contributed by atoms with Crippen LogP contribution in [-0.4, -0.2) is 33.3 Å². The maximum absolute atomic E-state index is 12.1. The van der Waals surface area contributed by atoms with Crippen molar-refractivity contribution in [3.8, 4) is 0 Å². The van der Waals surface area contributed by atoms with Gasteiger partial charge in [-0.1, -0.05) is 27.7 Å². The SMILES string of the molecule is CC(CNC(=O)c1cc(C(C)(C)C)nn1C)CC(=O)O. The second-order valence-electron chi connectivity index (χ2n) is 6.20. The third-order valence-corrected chi connectivity index (χ3v) is 3.02. The molecule has 0 radical (unpaired) electrons. The molecule has 6 heteroatoms. The first-order valence-corrected chi connectivity index (χ1v) is 6.65. The lowest BCUT2D eigenvalue weighted by Gasteiger charge is -2.13. The van der Waals surface area contributed by atoms with Gasteiger partial charge in [-0.15, -0.1) is 0 Å². The van der Waals surface area contributed by atoms with Crippen LogP contribution in [0.4, 0.5) is 0 Å². The number of rotatable bonds is 5. The summed E-state index contributed by atoms with van der Waals surface area (Å²) in [6.07, 6.45) is 0.0406. The molecule has 1 aromatic rings. The van der Waals surface area contributed by atoms with E-state index in [1.54, 1.807) is 24.7 Å². The summed E-state index contributed by atoms with van der Waals surface area (Å²) in [5.74, 6) is -1.19. The fourth-order valence-corrected chi connectivity index (χ4v) is 1.77. The summed E-state index contributed by atoms with van der Waals surface area (Å²) in [6.45, 7) is 8.23. The Balaban J connectivity index is 2.69. The molecule has 0 spiro atoms. The molecule has 0 aliphatic heterocycles. The highest BCUT2D eigenvalue weighted by atomic mass is 16.4. The lowest BCUT2D eigenvalue weighted by Crippen LogP contribution is -2.30. The topological polar surface area (TPSA) is 84.2 Å². The van der Waals surface area contributed by atoms with Crippen molar-refractivity contribution in [2.45, 2.75) is 39.5 Å². The van der Waals surface area contributed by atoms with Gasteiger partial charge in [-0.3, -0.25) is 14.3 Å². The van der Waals surface area contributed by atoms with Crippen molar-refractivity contribution in [3.05, 3.63) is 17.5 Å². The first-order valence-electron chi connectivity index (χ1n) is 6.65. The smallest absolute Gasteiger partial charge is 0.303 e. The third-order valence-electron chi connectivity index (χ3n) is 3.02. The number of aryl methyl sites for hydroxylation is 1. The predicted octanol–water partition coefficient (Wildman–Crippen LogP) is 1.56. The average molecular weight is 281 g/mol. The molecule has 0 aromatic carbocycles. The van der Waals surface area contributed by atoms with Gasteiger partial charge in [0.2, 0.25) is 0 Å². The number of hydrogen-bond acceptors (Lipinski definition) is 3. The number of nitrogens with one attached hydrogen (secondary N) is 1. The monoisotopic (exact) mass is 281 g/mol. The van der Waals surface area contributed by atoms with E-state index in [2.05, 4.69) is 10.4 Å². The van der Waals surface area contributed by atoms with Crippen LogP contribution in [0.2, 0.25) is 0 Å². The van der Waals surface area contributed by atoms with Crippen LogP contribution in [-0.2, 0) is 17.3 Å². The molecule has 1 amide bonds. The number of aromatic nitrogens is 2. The zero-order chi connectivity index (χ0) is 15.5. The van der Waals surface area contributed by atoms with E-state index < -0.39 is 5.97 Å². The normalized spacial score (nSPS) is 13.1. The second kappa shape index (κ2) is 6.07. The van der Waals surface area contributed by atoms with Crippen LogP contribution in [0.25, 0.3) is 0 Å². The minimum atomic E-state index is -0.859. The predicted molar refractivity (Wildman–Crippen MR) is 75.7 cm³/mol. The van der Waals surface area contributed by atoms with Gasteiger partial charge in [0.05, 0.1) is 5.69 Å². The number of amides is 1. The number of nitrogens with zero attached hydrogens (tertiary/aromatic N) is 2. The van der Waals surface area contributed by atoms with Crippen LogP contribution in [0.15, 0.2) is 6.07 Å². The van der Waals surface area contributed by atoms with E-state index in [0.717, 1.165) is 5.69 Å². The van der Waals surface area contributed by atoms with Crippen molar-refractivity contribution in [2.24, 2.45) is 13.0 Å². The highest BCUT2D eigenvalue weighted by molar-refractivity contribution is 5.92. The highest BCUT2D eigenvalue weighted by Crippen LogP contribution is 2.21.